The molecule has 1 aromatic rings. The fraction of sp³-hybridized carbons (Fsp3) is 0.308. The maximum Gasteiger partial charge on any atom is 0.321 e. The van der Waals surface area contributed by atoms with Crippen LogP contribution in [0.4, 0.5) is 9.18 Å². The molecule has 0 aliphatic heterocycles. The van der Waals surface area contributed by atoms with Gasteiger partial charge < -0.3 is 10.4 Å². The van der Waals surface area contributed by atoms with Gasteiger partial charge in [0.05, 0.1) is 5.02 Å². The molecule has 0 aromatic heterocycles. The number of carboxylic acids is 1. The molecule has 0 atom stereocenters. The zero-order valence-corrected chi connectivity index (χ0v) is 11.7. The van der Waals surface area contributed by atoms with Crippen LogP contribution in [0.2, 0.25) is 5.02 Å². The third-order valence-electron chi connectivity index (χ3n) is 2.48. The molecule has 3 amide bonds. The summed E-state index contributed by atoms with van der Waals surface area (Å²) in [6.07, 6.45) is -0.0345. The highest BCUT2D eigenvalue weighted by molar-refractivity contribution is 6.30. The van der Waals surface area contributed by atoms with Crippen molar-refractivity contribution < 1.29 is 23.9 Å². The van der Waals surface area contributed by atoms with Gasteiger partial charge in [-0.1, -0.05) is 17.7 Å². The molecule has 0 aliphatic rings. The van der Waals surface area contributed by atoms with Crippen molar-refractivity contribution in [1.29, 1.82) is 0 Å². The van der Waals surface area contributed by atoms with E-state index < -0.39 is 23.7 Å². The second-order valence-electron chi connectivity index (χ2n) is 4.23. The zero-order chi connectivity index (χ0) is 15.8. The van der Waals surface area contributed by atoms with Gasteiger partial charge in [0.2, 0.25) is 5.91 Å². The molecule has 0 fully saturated rings. The number of hydrogen-bond acceptors (Lipinski definition) is 3. The molecule has 6 nitrogen and oxygen atoms in total. The molecule has 1 aromatic carbocycles. The first-order valence-electron chi connectivity index (χ1n) is 6.12. The summed E-state index contributed by atoms with van der Waals surface area (Å²) in [5.74, 6) is -2.12. The summed E-state index contributed by atoms with van der Waals surface area (Å²) in [6.45, 7) is 0.0776. The monoisotopic (exact) mass is 316 g/mol. The molecule has 1 rings (SSSR count). The second kappa shape index (κ2) is 8.21. The summed E-state index contributed by atoms with van der Waals surface area (Å²) in [7, 11) is 0. The highest BCUT2D eigenvalue weighted by Gasteiger charge is 2.09. The van der Waals surface area contributed by atoms with Crippen molar-refractivity contribution in [3.05, 3.63) is 34.6 Å². The minimum atomic E-state index is -1.000. The largest absolute Gasteiger partial charge is 0.481 e. The third kappa shape index (κ3) is 6.71. The summed E-state index contributed by atoms with van der Waals surface area (Å²) in [4.78, 5) is 33.0. The number of carbonyl (C=O) groups excluding carboxylic acids is 2. The van der Waals surface area contributed by atoms with E-state index in [0.717, 1.165) is 0 Å². The Hall–Kier alpha value is -2.15. The number of carbonyl (C=O) groups is 3. The normalized spacial score (nSPS) is 10.0. The molecular formula is C13H14ClFN2O4. The predicted molar refractivity (Wildman–Crippen MR) is 73.3 cm³/mol. The third-order valence-corrected chi connectivity index (χ3v) is 2.77. The predicted octanol–water partition coefficient (Wildman–Crippen LogP) is 2.06. The van der Waals surface area contributed by atoms with Gasteiger partial charge in [-0.3, -0.25) is 14.9 Å². The Morgan fingerprint density at radius 1 is 1.24 bits per heavy atom. The molecule has 0 aliphatic carbocycles. The number of imide groups is 1. The fourth-order valence-corrected chi connectivity index (χ4v) is 1.67. The summed E-state index contributed by atoms with van der Waals surface area (Å²) >= 11 is 5.59. The lowest BCUT2D eigenvalue weighted by molar-refractivity contribution is -0.137. The number of carboxylic acid groups (broad SMARTS) is 1. The van der Waals surface area contributed by atoms with E-state index in [1.54, 1.807) is 0 Å². The van der Waals surface area contributed by atoms with Gasteiger partial charge in [0, 0.05) is 19.4 Å². The Balaban J connectivity index is 2.31. The first kappa shape index (κ1) is 16.9. The minimum absolute atomic E-state index is 0.0535. The molecule has 0 spiro atoms. The van der Waals surface area contributed by atoms with Gasteiger partial charge in [-0.05, 0) is 24.1 Å². The summed E-state index contributed by atoms with van der Waals surface area (Å²) in [5, 5.41) is 12.8. The van der Waals surface area contributed by atoms with E-state index in [1.807, 2.05) is 0 Å². The molecule has 0 unspecified atom stereocenters. The highest BCUT2D eigenvalue weighted by Crippen LogP contribution is 2.15. The number of halogens is 2. The number of nitrogens with one attached hydrogen (secondary N) is 2. The van der Waals surface area contributed by atoms with Crippen LogP contribution in [0.5, 0.6) is 0 Å². The summed E-state index contributed by atoms with van der Waals surface area (Å²) < 4.78 is 12.9. The minimum Gasteiger partial charge on any atom is -0.481 e. The van der Waals surface area contributed by atoms with Gasteiger partial charge in [-0.25, -0.2) is 9.18 Å². The number of benzene rings is 1. The van der Waals surface area contributed by atoms with Crippen molar-refractivity contribution in [2.24, 2.45) is 0 Å². The second-order valence-corrected chi connectivity index (χ2v) is 4.63. The van der Waals surface area contributed by atoms with Crippen LogP contribution in [0, 0.1) is 5.82 Å². The molecule has 0 saturated carbocycles. The maximum atomic E-state index is 12.9. The van der Waals surface area contributed by atoms with Crippen LogP contribution >= 0.6 is 11.6 Å². The topological polar surface area (TPSA) is 95.5 Å². The molecular weight excluding hydrogens is 303 g/mol. The maximum absolute atomic E-state index is 12.9. The van der Waals surface area contributed by atoms with Crippen LogP contribution in [0.25, 0.3) is 0 Å². The lowest BCUT2D eigenvalue weighted by Crippen LogP contribution is -2.39. The van der Waals surface area contributed by atoms with Crippen LogP contribution < -0.4 is 10.6 Å². The Morgan fingerprint density at radius 2 is 1.95 bits per heavy atom. The first-order chi connectivity index (χ1) is 9.88. The average molecular weight is 317 g/mol. The summed E-state index contributed by atoms with van der Waals surface area (Å²) in [6, 6.07) is 3.28. The first-order valence-corrected chi connectivity index (χ1v) is 6.49. The lowest BCUT2D eigenvalue weighted by Gasteiger charge is -2.07. The van der Waals surface area contributed by atoms with Crippen molar-refractivity contribution >= 4 is 29.5 Å². The van der Waals surface area contributed by atoms with E-state index in [0.29, 0.717) is 5.56 Å². The summed E-state index contributed by atoms with van der Waals surface area (Å²) in [5.41, 5.74) is 0.579. The molecule has 8 heteroatoms. The van der Waals surface area contributed by atoms with E-state index in [4.69, 9.17) is 16.7 Å². The molecule has 0 saturated heterocycles. The number of urea groups is 1. The van der Waals surface area contributed by atoms with Gasteiger partial charge in [0.25, 0.3) is 0 Å². The lowest BCUT2D eigenvalue weighted by atomic mass is 10.2. The smallest absolute Gasteiger partial charge is 0.321 e. The van der Waals surface area contributed by atoms with Crippen LogP contribution in [-0.2, 0) is 16.1 Å². The van der Waals surface area contributed by atoms with Gasteiger partial charge in [-0.15, -0.1) is 0 Å². The number of hydrogen-bond donors (Lipinski definition) is 3. The quantitative estimate of drug-likeness (QED) is 0.748. The molecule has 0 radical (unpaired) electrons. The van der Waals surface area contributed by atoms with Crippen LogP contribution in [-0.4, -0.2) is 23.0 Å². The van der Waals surface area contributed by atoms with Gasteiger partial charge in [-0.2, -0.15) is 0 Å². The van der Waals surface area contributed by atoms with Gasteiger partial charge >= 0.3 is 12.0 Å². The molecule has 0 bridgehead atoms. The van der Waals surface area contributed by atoms with E-state index in [-0.39, 0.29) is 30.8 Å². The van der Waals surface area contributed by atoms with Crippen molar-refractivity contribution in [3.8, 4) is 0 Å². The van der Waals surface area contributed by atoms with E-state index in [9.17, 15) is 18.8 Å². The van der Waals surface area contributed by atoms with E-state index in [2.05, 4.69) is 10.6 Å². The van der Waals surface area contributed by atoms with Crippen molar-refractivity contribution in [1.82, 2.24) is 10.6 Å². The van der Waals surface area contributed by atoms with E-state index in [1.165, 1.54) is 18.2 Å². The van der Waals surface area contributed by atoms with Crippen LogP contribution in [0.1, 0.15) is 24.8 Å². The Morgan fingerprint density at radius 3 is 2.57 bits per heavy atom. The van der Waals surface area contributed by atoms with Crippen molar-refractivity contribution in [3.63, 3.8) is 0 Å². The standard InChI is InChI=1S/C13H14ClFN2O4/c14-9-6-8(4-5-10(9)15)7-16-13(21)17-11(18)2-1-3-12(19)20/h4-6H,1-3,7H2,(H,19,20)(H2,16,17,18,21). The Labute approximate surface area is 125 Å². The average Bonchev–Trinajstić information content (AvgIpc) is 2.39. The molecule has 114 valence electrons. The highest BCUT2D eigenvalue weighted by atomic mass is 35.5. The van der Waals surface area contributed by atoms with E-state index >= 15 is 0 Å². The van der Waals surface area contributed by atoms with Crippen molar-refractivity contribution in [2.75, 3.05) is 0 Å². The number of amides is 3. The van der Waals surface area contributed by atoms with Crippen molar-refractivity contribution in [2.45, 2.75) is 25.8 Å². The zero-order valence-electron chi connectivity index (χ0n) is 11.0. The molecule has 0 heterocycles. The fourth-order valence-electron chi connectivity index (χ4n) is 1.47. The van der Waals surface area contributed by atoms with Gasteiger partial charge in [0.1, 0.15) is 5.82 Å². The van der Waals surface area contributed by atoms with Crippen LogP contribution in [0.3, 0.4) is 0 Å². The molecule has 21 heavy (non-hydrogen) atoms. The Kier molecular flexibility index (Phi) is 6.61. The number of aliphatic carboxylic acids is 1. The SMILES string of the molecule is O=C(O)CCCC(=O)NC(=O)NCc1ccc(F)c(Cl)c1. The van der Waals surface area contributed by atoms with Crippen LogP contribution in [0.15, 0.2) is 18.2 Å². The Bertz CT molecular complexity index is 551. The number of rotatable bonds is 6. The van der Waals surface area contributed by atoms with Gasteiger partial charge in [0.15, 0.2) is 0 Å². The molecule has 3 N–H and O–H groups in total.